The molecule has 0 fully saturated rings. The molecule has 4 rings (SSSR count). The fourth-order valence-corrected chi connectivity index (χ4v) is 3.80. The first-order chi connectivity index (χ1) is 14.8. The second-order valence-corrected chi connectivity index (χ2v) is 7.25. The minimum absolute atomic E-state index is 0.0106. The first kappa shape index (κ1) is 20.9. The molecule has 0 radical (unpaired) electrons. The van der Waals surface area contributed by atoms with E-state index in [1.54, 1.807) is 4.57 Å². The topological polar surface area (TPSA) is 44.1 Å². The highest BCUT2D eigenvalue weighted by atomic mass is 35.5. The molecule has 0 saturated carbocycles. The van der Waals surface area contributed by atoms with Crippen molar-refractivity contribution in [3.8, 4) is 17.1 Å². The highest BCUT2D eigenvalue weighted by Gasteiger charge is 2.34. The predicted octanol–water partition coefficient (Wildman–Crippen LogP) is 5.79. The summed E-state index contributed by atoms with van der Waals surface area (Å²) in [5.74, 6) is 0.00178. The van der Waals surface area contributed by atoms with Gasteiger partial charge >= 0.3 is 11.7 Å². The maximum Gasteiger partial charge on any atom is 0.417 e. The Morgan fingerprint density at radius 3 is 2.48 bits per heavy atom. The molecule has 31 heavy (non-hydrogen) atoms. The number of methoxy groups -OCH3 is 1. The quantitative estimate of drug-likeness (QED) is 0.400. The van der Waals surface area contributed by atoms with Crippen LogP contribution in [-0.4, -0.2) is 16.7 Å². The van der Waals surface area contributed by atoms with Gasteiger partial charge in [0.25, 0.3) is 0 Å². The van der Waals surface area contributed by atoms with Crippen LogP contribution in [0.15, 0.2) is 71.7 Å². The number of fused-ring (bicyclic) bond motifs is 1. The maximum atomic E-state index is 13.4. The molecule has 158 valence electrons. The molecule has 0 saturated heterocycles. The van der Waals surface area contributed by atoms with Gasteiger partial charge in [-0.25, -0.2) is 0 Å². The van der Waals surface area contributed by atoms with Gasteiger partial charge in [0.1, 0.15) is 5.82 Å². The Kier molecular flexibility index (Phi) is 5.45. The van der Waals surface area contributed by atoms with Gasteiger partial charge in [-0.2, -0.15) is 18.2 Å². The third-order valence-corrected chi connectivity index (χ3v) is 5.36. The minimum atomic E-state index is -4.64. The number of alkyl halides is 3. The highest BCUT2D eigenvalue weighted by molar-refractivity contribution is 6.34. The molecular weight excluding hydrogens is 429 g/mol. The molecule has 0 atom stereocenters. The van der Waals surface area contributed by atoms with Crippen molar-refractivity contribution < 1.29 is 17.9 Å². The van der Waals surface area contributed by atoms with E-state index in [2.05, 4.69) is 4.98 Å². The largest absolute Gasteiger partial charge is 0.490 e. The van der Waals surface area contributed by atoms with Gasteiger partial charge < -0.3 is 9.30 Å². The van der Waals surface area contributed by atoms with E-state index in [-0.39, 0.29) is 23.7 Å². The third-order valence-electron chi connectivity index (χ3n) is 4.95. The summed E-state index contributed by atoms with van der Waals surface area (Å²) >= 11 is 6.12. The molecule has 8 heteroatoms. The molecule has 0 bridgehead atoms. The molecule has 0 N–H and O–H groups in total. The fraction of sp³-hybridized carbons (Fsp3) is 0.130. The van der Waals surface area contributed by atoms with Crippen molar-refractivity contribution in [2.24, 2.45) is 0 Å². The number of hydrogen-bond donors (Lipinski definition) is 0. The zero-order chi connectivity index (χ0) is 22.2. The van der Waals surface area contributed by atoms with Crippen molar-refractivity contribution in [2.75, 3.05) is 7.11 Å². The van der Waals surface area contributed by atoms with Crippen LogP contribution in [0.1, 0.15) is 11.1 Å². The first-order valence-corrected chi connectivity index (χ1v) is 9.65. The van der Waals surface area contributed by atoms with Crippen molar-refractivity contribution in [3.05, 3.63) is 93.4 Å². The van der Waals surface area contributed by atoms with Crippen molar-refractivity contribution in [3.63, 3.8) is 0 Å². The lowest BCUT2D eigenvalue weighted by molar-refractivity contribution is -0.137. The number of benzene rings is 3. The summed E-state index contributed by atoms with van der Waals surface area (Å²) in [5, 5.41) is 1.47. The van der Waals surface area contributed by atoms with Gasteiger partial charge in [0, 0.05) is 12.1 Å². The van der Waals surface area contributed by atoms with Crippen molar-refractivity contribution in [1.29, 1.82) is 0 Å². The minimum Gasteiger partial charge on any atom is -0.490 e. The molecule has 0 aliphatic carbocycles. The van der Waals surface area contributed by atoms with Gasteiger partial charge in [-0.05, 0) is 28.5 Å². The molecule has 0 aliphatic heterocycles. The van der Waals surface area contributed by atoms with Crippen LogP contribution in [0, 0.1) is 0 Å². The molecule has 1 aromatic heterocycles. The van der Waals surface area contributed by atoms with Gasteiger partial charge in [0.2, 0.25) is 5.75 Å². The van der Waals surface area contributed by atoms with Crippen LogP contribution in [0.5, 0.6) is 5.75 Å². The Morgan fingerprint density at radius 2 is 1.74 bits per heavy atom. The molecule has 0 amide bonds. The van der Waals surface area contributed by atoms with Crippen LogP contribution >= 0.6 is 11.6 Å². The van der Waals surface area contributed by atoms with E-state index in [4.69, 9.17) is 16.3 Å². The van der Waals surface area contributed by atoms with Crippen molar-refractivity contribution in [1.82, 2.24) is 9.55 Å². The van der Waals surface area contributed by atoms with Crippen LogP contribution in [-0.2, 0) is 12.7 Å². The van der Waals surface area contributed by atoms with E-state index >= 15 is 0 Å². The Labute approximate surface area is 180 Å². The van der Waals surface area contributed by atoms with Crippen LogP contribution in [0.3, 0.4) is 0 Å². The van der Waals surface area contributed by atoms with Gasteiger partial charge in [-0.15, -0.1) is 0 Å². The highest BCUT2D eigenvalue weighted by Crippen LogP contribution is 2.39. The monoisotopic (exact) mass is 444 g/mol. The number of halogens is 4. The maximum absolute atomic E-state index is 13.4. The van der Waals surface area contributed by atoms with Gasteiger partial charge in [-0.3, -0.25) is 4.79 Å². The Balaban J connectivity index is 1.93. The van der Waals surface area contributed by atoms with E-state index in [0.29, 0.717) is 0 Å². The van der Waals surface area contributed by atoms with Crippen LogP contribution in [0.25, 0.3) is 22.2 Å². The summed E-state index contributed by atoms with van der Waals surface area (Å²) in [6, 6.07) is 17.0. The fourth-order valence-electron chi connectivity index (χ4n) is 3.49. The molecule has 3 aromatic carbocycles. The number of nitrogens with zero attached hydrogens (tertiary/aromatic N) is 2. The normalized spacial score (nSPS) is 11.6. The molecular formula is C23H16ClF3N2O2. The average Bonchev–Trinajstić information content (AvgIpc) is 2.74. The number of ether oxygens (including phenoxy) is 1. The Morgan fingerprint density at radius 1 is 1.03 bits per heavy atom. The van der Waals surface area contributed by atoms with E-state index in [9.17, 15) is 18.0 Å². The van der Waals surface area contributed by atoms with Crippen molar-refractivity contribution >= 4 is 22.4 Å². The van der Waals surface area contributed by atoms with Gasteiger partial charge in [-0.1, -0.05) is 60.1 Å². The SMILES string of the molecule is COc1cn(Cc2cccc3ccccc23)c(-c2cccc(C(F)(F)F)c2Cl)nc1=O. The molecule has 0 spiro atoms. The zero-order valence-electron chi connectivity index (χ0n) is 16.3. The predicted molar refractivity (Wildman–Crippen MR) is 114 cm³/mol. The number of hydrogen-bond acceptors (Lipinski definition) is 3. The van der Waals surface area contributed by atoms with Crippen LogP contribution < -0.4 is 10.3 Å². The zero-order valence-corrected chi connectivity index (χ0v) is 17.0. The average molecular weight is 445 g/mol. The Hall–Kier alpha value is -3.32. The third kappa shape index (κ3) is 4.01. The standard InChI is InChI=1S/C23H16ClF3N2O2/c1-31-19-13-29(12-15-8-4-7-14-6-2-3-9-16(14)15)21(28-22(19)30)17-10-5-11-18(20(17)24)23(25,26)27/h2-11,13H,12H2,1H3. The summed E-state index contributed by atoms with van der Waals surface area (Å²) in [6.45, 7) is 0.243. The molecule has 0 unspecified atom stereocenters. The van der Waals surface area contributed by atoms with E-state index < -0.39 is 22.3 Å². The lowest BCUT2D eigenvalue weighted by atomic mass is 10.0. The van der Waals surface area contributed by atoms with Crippen LogP contribution in [0.4, 0.5) is 13.2 Å². The number of rotatable bonds is 4. The lowest BCUT2D eigenvalue weighted by Gasteiger charge is -2.18. The summed E-state index contributed by atoms with van der Waals surface area (Å²) < 4.78 is 46.8. The first-order valence-electron chi connectivity index (χ1n) is 9.28. The van der Waals surface area contributed by atoms with E-state index in [1.807, 2.05) is 42.5 Å². The molecule has 1 heterocycles. The summed E-state index contributed by atoms with van der Waals surface area (Å²) in [4.78, 5) is 16.3. The van der Waals surface area contributed by atoms with E-state index in [0.717, 1.165) is 22.4 Å². The summed E-state index contributed by atoms with van der Waals surface area (Å²) in [5.41, 5.74) is -0.778. The number of aromatic nitrogens is 2. The molecule has 0 aliphatic rings. The van der Waals surface area contributed by atoms with Crippen LogP contribution in [0.2, 0.25) is 5.02 Å². The summed E-state index contributed by atoms with van der Waals surface area (Å²) in [7, 11) is 1.33. The van der Waals surface area contributed by atoms with Gasteiger partial charge in [0.15, 0.2) is 0 Å². The Bertz CT molecular complexity index is 1330. The second kappa shape index (κ2) is 8.07. The van der Waals surface area contributed by atoms with E-state index in [1.165, 1.54) is 25.4 Å². The second-order valence-electron chi connectivity index (χ2n) is 6.87. The molecule has 4 aromatic rings. The lowest BCUT2D eigenvalue weighted by Crippen LogP contribution is -2.18. The smallest absolute Gasteiger partial charge is 0.417 e. The van der Waals surface area contributed by atoms with Gasteiger partial charge in [0.05, 0.1) is 23.9 Å². The molecule has 4 nitrogen and oxygen atoms in total. The summed E-state index contributed by atoms with van der Waals surface area (Å²) in [6.07, 6.45) is -3.21. The van der Waals surface area contributed by atoms with Crippen molar-refractivity contribution in [2.45, 2.75) is 12.7 Å².